The Balaban J connectivity index is 0.00000252. The van der Waals surface area contributed by atoms with Gasteiger partial charge >= 0.3 is 0 Å². The third kappa shape index (κ3) is 2.90. The lowest BCUT2D eigenvalue weighted by atomic mass is 9.61. The first-order valence-electron chi connectivity index (χ1n) is 13.1. The Kier molecular flexibility index (Phi) is 5.35. The van der Waals surface area contributed by atoms with E-state index in [2.05, 4.69) is 73.3 Å². The van der Waals surface area contributed by atoms with Crippen LogP contribution in [0.3, 0.4) is 0 Å². The van der Waals surface area contributed by atoms with E-state index in [1.165, 1.54) is 11.1 Å². The predicted octanol–water partition coefficient (Wildman–Crippen LogP) is 2.06. The van der Waals surface area contributed by atoms with Crippen LogP contribution in [-0.2, 0) is 17.3 Å². The minimum Gasteiger partial charge on any atom is -1.00 e. The van der Waals surface area contributed by atoms with Crippen molar-refractivity contribution in [2.24, 2.45) is 13.0 Å². The lowest BCUT2D eigenvalue weighted by Gasteiger charge is -2.53. The highest BCUT2D eigenvalue weighted by molar-refractivity contribution is 6.10. The number of piperidine rings is 1. The quantitative estimate of drug-likeness (QED) is 0.251. The Morgan fingerprint density at radius 1 is 1.19 bits per heavy atom. The highest BCUT2D eigenvalue weighted by Crippen LogP contribution is 2.63. The average Bonchev–Trinajstić information content (AvgIpc) is 3.50. The van der Waals surface area contributed by atoms with E-state index < -0.39 is 0 Å². The molecule has 2 saturated heterocycles. The number of carbonyl (C=O) groups excluding carboxylic acids is 2. The molecule has 0 amide bonds. The first-order valence-corrected chi connectivity index (χ1v) is 13.1. The Labute approximate surface area is 223 Å². The van der Waals surface area contributed by atoms with Crippen LogP contribution in [-0.4, -0.2) is 46.8 Å². The summed E-state index contributed by atoms with van der Waals surface area (Å²) in [6.45, 7) is 6.44. The fraction of sp³-hybridized carbons (Fsp3) is 0.355. The van der Waals surface area contributed by atoms with E-state index in [-0.39, 0.29) is 35.6 Å². The van der Waals surface area contributed by atoms with Gasteiger partial charge in [-0.05, 0) is 37.1 Å². The second-order valence-corrected chi connectivity index (χ2v) is 11.2. The first kappa shape index (κ1) is 24.2. The van der Waals surface area contributed by atoms with Crippen LogP contribution in [0.1, 0.15) is 41.4 Å². The smallest absolute Gasteiger partial charge is 0.219 e. The Bertz CT molecular complexity index is 1550. The first-order chi connectivity index (χ1) is 17.4. The largest absolute Gasteiger partial charge is 1.00 e. The van der Waals surface area contributed by atoms with E-state index in [4.69, 9.17) is 0 Å². The van der Waals surface area contributed by atoms with Crippen molar-refractivity contribution >= 4 is 28.7 Å². The predicted molar refractivity (Wildman–Crippen MR) is 142 cm³/mol. The van der Waals surface area contributed by atoms with Gasteiger partial charge < -0.3 is 26.8 Å². The Morgan fingerprint density at radius 3 is 2.73 bits per heavy atom. The number of carbonyl (C=O) groups is 2. The van der Waals surface area contributed by atoms with Gasteiger partial charge in [0.2, 0.25) is 5.78 Å². The van der Waals surface area contributed by atoms with Crippen molar-refractivity contribution in [1.82, 2.24) is 4.57 Å². The molecule has 3 aromatic rings. The molecule has 2 unspecified atom stereocenters. The van der Waals surface area contributed by atoms with Gasteiger partial charge in [-0.15, -0.1) is 0 Å². The molecule has 2 aromatic carbocycles. The maximum Gasteiger partial charge on any atom is 0.219 e. The Hall–Kier alpha value is -3.15. The number of hydrogen-bond donors (Lipinski definition) is 1. The van der Waals surface area contributed by atoms with Crippen molar-refractivity contribution in [3.8, 4) is 0 Å². The van der Waals surface area contributed by atoms with Crippen LogP contribution in [0.4, 0.5) is 5.69 Å². The number of fused-ring (bicyclic) bond motifs is 3. The SMILES string of the molecule is C/C=C1/C[N+]2(CC(=O)c3c(C)n(C)c4ccccc34)CC[C@]34C(=C(C=O)[C@H]1CC32)Nc1ccccc14.[Cl-]. The number of allylic oxidation sites excluding steroid dienone is 2. The number of aldehydes is 1. The summed E-state index contributed by atoms with van der Waals surface area (Å²) in [6.07, 6.45) is 5.18. The number of rotatable bonds is 4. The zero-order chi connectivity index (χ0) is 24.8. The molecule has 4 heterocycles. The second-order valence-electron chi connectivity index (χ2n) is 11.2. The molecule has 0 radical (unpaired) electrons. The van der Waals surface area contributed by atoms with Crippen LogP contribution in [0.2, 0.25) is 0 Å². The number of hydrogen-bond acceptors (Lipinski definition) is 3. The number of nitrogens with one attached hydrogen (secondary N) is 1. The highest BCUT2D eigenvalue weighted by atomic mass is 35.5. The van der Waals surface area contributed by atoms with Gasteiger partial charge in [-0.2, -0.15) is 0 Å². The van der Waals surface area contributed by atoms with Gasteiger partial charge in [0.25, 0.3) is 0 Å². The van der Waals surface area contributed by atoms with Crippen molar-refractivity contribution in [1.29, 1.82) is 0 Å². The van der Waals surface area contributed by atoms with Crippen LogP contribution < -0.4 is 17.7 Å². The van der Waals surface area contributed by atoms with Crippen molar-refractivity contribution in [3.63, 3.8) is 0 Å². The number of para-hydroxylation sites is 2. The maximum atomic E-state index is 14.2. The lowest BCUT2D eigenvalue weighted by molar-refractivity contribution is -0.934. The molecule has 7 rings (SSSR count). The molecule has 6 heteroatoms. The van der Waals surface area contributed by atoms with Crippen LogP contribution in [0.15, 0.2) is 71.5 Å². The number of Topliss-reactive ketones (excluding diaryl/α,β-unsaturated/α-hetero) is 1. The average molecular weight is 514 g/mol. The van der Waals surface area contributed by atoms with Gasteiger partial charge in [-0.1, -0.05) is 42.5 Å². The molecular formula is C31H32ClN3O2. The molecule has 3 aliphatic heterocycles. The van der Waals surface area contributed by atoms with Gasteiger partial charge in [-0.3, -0.25) is 9.59 Å². The maximum absolute atomic E-state index is 14.2. The molecule has 1 spiro atoms. The minimum atomic E-state index is -0.212. The van der Waals surface area contributed by atoms with E-state index in [9.17, 15) is 9.59 Å². The molecule has 5 nitrogen and oxygen atoms in total. The van der Waals surface area contributed by atoms with Crippen molar-refractivity contribution in [3.05, 3.63) is 88.3 Å². The van der Waals surface area contributed by atoms with Crippen molar-refractivity contribution < 1.29 is 26.5 Å². The Morgan fingerprint density at radius 2 is 1.95 bits per heavy atom. The molecule has 1 N–H and O–H groups in total. The zero-order valence-corrected chi connectivity index (χ0v) is 22.3. The number of anilines is 1. The number of halogens is 1. The number of ketones is 1. The molecule has 0 saturated carbocycles. The summed E-state index contributed by atoms with van der Waals surface area (Å²) in [4.78, 5) is 26.7. The summed E-state index contributed by atoms with van der Waals surface area (Å²) in [5.41, 5.74) is 8.56. The summed E-state index contributed by atoms with van der Waals surface area (Å²) in [6, 6.07) is 17.1. The fourth-order valence-electron chi connectivity index (χ4n) is 8.37. The lowest BCUT2D eigenvalue weighted by Crippen LogP contribution is -3.00. The molecule has 4 aliphatic rings. The molecule has 2 fully saturated rings. The van der Waals surface area contributed by atoms with Gasteiger partial charge in [0, 0.05) is 59.4 Å². The van der Waals surface area contributed by atoms with E-state index in [0.29, 0.717) is 6.54 Å². The molecule has 190 valence electrons. The number of aromatic nitrogens is 1. The number of aryl methyl sites for hydroxylation is 1. The normalized spacial score (nSPS) is 30.1. The number of nitrogens with zero attached hydrogens (tertiary/aromatic N) is 2. The molecule has 1 aliphatic carbocycles. The van der Waals surface area contributed by atoms with Crippen LogP contribution in [0.5, 0.6) is 0 Å². The second kappa shape index (κ2) is 8.17. The fourth-order valence-corrected chi connectivity index (χ4v) is 8.37. The topological polar surface area (TPSA) is 51.1 Å². The summed E-state index contributed by atoms with van der Waals surface area (Å²) < 4.78 is 2.93. The van der Waals surface area contributed by atoms with E-state index >= 15 is 0 Å². The van der Waals surface area contributed by atoms with Crippen molar-refractivity contribution in [2.45, 2.75) is 38.1 Å². The monoisotopic (exact) mass is 513 g/mol. The summed E-state index contributed by atoms with van der Waals surface area (Å²) in [5.74, 6) is 0.377. The molecular weight excluding hydrogens is 482 g/mol. The summed E-state index contributed by atoms with van der Waals surface area (Å²) >= 11 is 0. The molecule has 4 atom stereocenters. The van der Waals surface area contributed by atoms with Crippen LogP contribution in [0.25, 0.3) is 10.9 Å². The van der Waals surface area contributed by atoms with E-state index in [1.807, 2.05) is 12.1 Å². The highest BCUT2D eigenvalue weighted by Gasteiger charge is 2.68. The zero-order valence-electron chi connectivity index (χ0n) is 21.6. The molecule has 2 bridgehead atoms. The van der Waals surface area contributed by atoms with E-state index in [1.54, 1.807) is 0 Å². The van der Waals surface area contributed by atoms with Crippen LogP contribution in [0, 0.1) is 12.8 Å². The third-order valence-electron chi connectivity index (χ3n) is 10.00. The number of benzene rings is 2. The van der Waals surface area contributed by atoms with Crippen LogP contribution >= 0.6 is 0 Å². The standard InChI is InChI=1S/C31H31N3O2.ClH/c1-4-20-16-34(17-27(36)29-19(2)33(3)26-12-8-5-9-21(26)29)14-13-31-24-10-6-7-11-25(24)32-30(31)23(18-35)22(20)15-28(31)34;/h4-12,18,22,28H,13-17H2,1-3H3;1H/b20-4-;/t22-,28?,31+,34?;/m0./s1. The molecule has 37 heavy (non-hydrogen) atoms. The van der Waals surface area contributed by atoms with E-state index in [0.717, 1.165) is 75.8 Å². The minimum absolute atomic E-state index is 0. The number of quaternary nitrogens is 1. The molecule has 1 aromatic heterocycles. The summed E-state index contributed by atoms with van der Waals surface area (Å²) in [7, 11) is 2.05. The van der Waals surface area contributed by atoms with Gasteiger partial charge in [0.05, 0.1) is 17.5 Å². The van der Waals surface area contributed by atoms with Gasteiger partial charge in [-0.25, -0.2) is 0 Å². The van der Waals surface area contributed by atoms with Crippen molar-refractivity contribution in [2.75, 3.05) is 25.0 Å². The third-order valence-corrected chi connectivity index (χ3v) is 10.00. The van der Waals surface area contributed by atoms with Gasteiger partial charge in [0.1, 0.15) is 25.4 Å². The van der Waals surface area contributed by atoms with Gasteiger partial charge in [0.15, 0.2) is 0 Å². The summed E-state index contributed by atoms with van der Waals surface area (Å²) in [5, 5.41) is 4.74.